The van der Waals surface area contributed by atoms with Crippen LogP contribution in [0.3, 0.4) is 0 Å². The van der Waals surface area contributed by atoms with Gasteiger partial charge in [0.15, 0.2) is 0 Å². The van der Waals surface area contributed by atoms with E-state index in [1.165, 1.54) is 4.31 Å². The number of rotatable bonds is 9. The zero-order chi connectivity index (χ0) is 23.1. The first kappa shape index (κ1) is 23.5. The number of benzene rings is 3. The molecule has 168 valence electrons. The van der Waals surface area contributed by atoms with Crippen LogP contribution in [0.1, 0.15) is 37.4 Å². The van der Waals surface area contributed by atoms with Crippen molar-refractivity contribution >= 4 is 21.6 Å². The topological polar surface area (TPSA) is 66.5 Å². The summed E-state index contributed by atoms with van der Waals surface area (Å²) < 4.78 is 28.1. The van der Waals surface area contributed by atoms with Crippen molar-refractivity contribution in [1.82, 2.24) is 5.32 Å². The van der Waals surface area contributed by atoms with E-state index in [0.29, 0.717) is 11.6 Å². The van der Waals surface area contributed by atoms with Gasteiger partial charge in [-0.1, -0.05) is 74.5 Å². The van der Waals surface area contributed by atoms with Crippen molar-refractivity contribution < 1.29 is 13.2 Å². The molecule has 0 saturated heterocycles. The first-order valence-corrected chi connectivity index (χ1v) is 12.2. The van der Waals surface area contributed by atoms with Crippen LogP contribution in [0, 0.1) is 12.8 Å². The van der Waals surface area contributed by atoms with Crippen LogP contribution in [0.25, 0.3) is 0 Å². The van der Waals surface area contributed by atoms with Gasteiger partial charge in [-0.25, -0.2) is 8.42 Å². The van der Waals surface area contributed by atoms with Crippen molar-refractivity contribution in [2.75, 3.05) is 10.8 Å². The lowest BCUT2D eigenvalue weighted by molar-refractivity contribution is -0.120. The lowest BCUT2D eigenvalue weighted by atomic mass is 9.97. The number of carbonyl (C=O) groups is 1. The van der Waals surface area contributed by atoms with Gasteiger partial charge in [0.2, 0.25) is 5.91 Å². The highest BCUT2D eigenvalue weighted by atomic mass is 32.2. The number of anilines is 1. The summed E-state index contributed by atoms with van der Waals surface area (Å²) in [6.45, 7) is 5.79. The van der Waals surface area contributed by atoms with Crippen LogP contribution in [0.4, 0.5) is 5.69 Å². The smallest absolute Gasteiger partial charge is 0.264 e. The molecule has 32 heavy (non-hydrogen) atoms. The number of nitrogens with zero attached hydrogens (tertiary/aromatic N) is 1. The molecule has 6 heteroatoms. The maximum Gasteiger partial charge on any atom is 0.264 e. The number of hydrogen-bond acceptors (Lipinski definition) is 3. The van der Waals surface area contributed by atoms with Crippen LogP contribution in [0.2, 0.25) is 0 Å². The molecule has 0 heterocycles. The third kappa shape index (κ3) is 5.98. The van der Waals surface area contributed by atoms with Crippen LogP contribution in [-0.2, 0) is 14.8 Å². The number of hydrogen-bond donors (Lipinski definition) is 1. The second-order valence-electron chi connectivity index (χ2n) is 8.32. The first-order chi connectivity index (χ1) is 15.3. The molecule has 1 amide bonds. The fourth-order valence-corrected chi connectivity index (χ4v) is 5.06. The summed E-state index contributed by atoms with van der Waals surface area (Å²) in [4.78, 5) is 13.3. The highest BCUT2D eigenvalue weighted by Gasteiger charge is 2.28. The predicted molar refractivity (Wildman–Crippen MR) is 129 cm³/mol. The van der Waals surface area contributed by atoms with E-state index in [-0.39, 0.29) is 23.4 Å². The zero-order valence-electron chi connectivity index (χ0n) is 18.7. The lowest BCUT2D eigenvalue weighted by Gasteiger charge is -2.27. The normalized spacial score (nSPS) is 12.4. The predicted octanol–water partition coefficient (Wildman–Crippen LogP) is 5.09. The van der Waals surface area contributed by atoms with Gasteiger partial charge in [-0.15, -0.1) is 0 Å². The minimum Gasteiger partial charge on any atom is -0.348 e. The van der Waals surface area contributed by atoms with E-state index < -0.39 is 10.0 Å². The Kier molecular flexibility index (Phi) is 7.70. The quantitative estimate of drug-likeness (QED) is 0.494. The van der Waals surface area contributed by atoms with Crippen LogP contribution < -0.4 is 9.62 Å². The summed E-state index contributed by atoms with van der Waals surface area (Å²) in [6, 6.07) is 25.0. The van der Waals surface area contributed by atoms with Crippen molar-refractivity contribution in [3.8, 4) is 0 Å². The molecule has 1 atom stereocenters. The number of carbonyl (C=O) groups excluding carboxylic acids is 1. The second kappa shape index (κ2) is 10.5. The van der Waals surface area contributed by atoms with Crippen molar-refractivity contribution in [3.63, 3.8) is 0 Å². The van der Waals surface area contributed by atoms with Crippen LogP contribution in [0.5, 0.6) is 0 Å². The van der Waals surface area contributed by atoms with E-state index in [4.69, 9.17) is 0 Å². The van der Waals surface area contributed by atoms with Crippen LogP contribution in [0.15, 0.2) is 89.8 Å². The fourth-order valence-electron chi connectivity index (χ4n) is 3.62. The van der Waals surface area contributed by atoms with Gasteiger partial charge in [0.05, 0.1) is 16.6 Å². The molecule has 0 bridgehead atoms. The second-order valence-corrected chi connectivity index (χ2v) is 10.2. The number of amides is 1. The third-order valence-electron chi connectivity index (χ3n) is 5.15. The first-order valence-electron chi connectivity index (χ1n) is 10.8. The summed E-state index contributed by atoms with van der Waals surface area (Å²) in [5.74, 6) is 0.0157. The molecule has 0 aromatic heterocycles. The largest absolute Gasteiger partial charge is 0.348 e. The van der Waals surface area contributed by atoms with Gasteiger partial charge in [0, 0.05) is 0 Å². The average molecular weight is 451 g/mol. The Morgan fingerprint density at radius 2 is 1.53 bits per heavy atom. The van der Waals surface area contributed by atoms with E-state index in [9.17, 15) is 13.2 Å². The monoisotopic (exact) mass is 450 g/mol. The maximum absolute atomic E-state index is 13.5. The van der Waals surface area contributed by atoms with Crippen molar-refractivity contribution in [2.45, 2.75) is 38.1 Å². The van der Waals surface area contributed by atoms with Gasteiger partial charge in [-0.05, 0) is 54.7 Å². The summed E-state index contributed by atoms with van der Waals surface area (Å²) in [6.07, 6.45) is 0.756. The highest BCUT2D eigenvalue weighted by molar-refractivity contribution is 7.92. The number of aryl methyl sites for hydroxylation is 1. The maximum atomic E-state index is 13.5. The SMILES string of the molecule is Cc1cccc(N(CC(=O)N[C@@H](CC(C)C)c2ccccc2)S(=O)(=O)c2ccccc2)c1. The Balaban J connectivity index is 1.91. The molecule has 3 rings (SSSR count). The Labute approximate surface area is 191 Å². The zero-order valence-corrected chi connectivity index (χ0v) is 19.5. The molecule has 3 aromatic carbocycles. The number of sulfonamides is 1. The van der Waals surface area contributed by atoms with Gasteiger partial charge in [0.1, 0.15) is 6.54 Å². The third-order valence-corrected chi connectivity index (χ3v) is 6.94. The molecule has 0 aliphatic rings. The molecule has 0 aliphatic carbocycles. The van der Waals surface area contributed by atoms with E-state index in [1.54, 1.807) is 48.5 Å². The van der Waals surface area contributed by atoms with Crippen LogP contribution >= 0.6 is 0 Å². The Morgan fingerprint density at radius 1 is 0.906 bits per heavy atom. The van der Waals surface area contributed by atoms with E-state index in [2.05, 4.69) is 19.2 Å². The van der Waals surface area contributed by atoms with Gasteiger partial charge in [-0.2, -0.15) is 0 Å². The van der Waals surface area contributed by atoms with Crippen molar-refractivity contribution in [2.24, 2.45) is 5.92 Å². The minimum absolute atomic E-state index is 0.149. The Morgan fingerprint density at radius 3 is 2.12 bits per heavy atom. The highest BCUT2D eigenvalue weighted by Crippen LogP contribution is 2.25. The molecule has 0 saturated carbocycles. The Hall–Kier alpha value is -3.12. The molecule has 0 spiro atoms. The van der Waals surface area contributed by atoms with Crippen molar-refractivity contribution in [3.05, 3.63) is 96.1 Å². The lowest BCUT2D eigenvalue weighted by Crippen LogP contribution is -2.42. The molecule has 0 fully saturated rings. The van der Waals surface area contributed by atoms with Gasteiger partial charge < -0.3 is 5.32 Å². The summed E-state index contributed by atoms with van der Waals surface area (Å²) in [5.41, 5.74) is 2.38. The molecule has 0 radical (unpaired) electrons. The van der Waals surface area contributed by atoms with E-state index in [1.807, 2.05) is 43.3 Å². The molecule has 0 aliphatic heterocycles. The average Bonchev–Trinajstić information content (AvgIpc) is 2.78. The summed E-state index contributed by atoms with van der Waals surface area (Å²) >= 11 is 0. The number of nitrogens with one attached hydrogen (secondary N) is 1. The summed E-state index contributed by atoms with van der Waals surface area (Å²) in [5, 5.41) is 3.06. The molecule has 3 aromatic rings. The molecule has 5 nitrogen and oxygen atoms in total. The van der Waals surface area contributed by atoms with E-state index in [0.717, 1.165) is 17.5 Å². The molecular weight excluding hydrogens is 420 g/mol. The molecule has 1 N–H and O–H groups in total. The molecular formula is C26H30N2O3S. The van der Waals surface area contributed by atoms with Gasteiger partial charge in [-0.3, -0.25) is 9.10 Å². The molecule has 0 unspecified atom stereocenters. The van der Waals surface area contributed by atoms with Crippen LogP contribution in [-0.4, -0.2) is 20.9 Å². The van der Waals surface area contributed by atoms with E-state index >= 15 is 0 Å². The fraction of sp³-hybridized carbons (Fsp3) is 0.269. The Bertz CT molecular complexity index is 1130. The van der Waals surface area contributed by atoms with Crippen molar-refractivity contribution in [1.29, 1.82) is 0 Å². The summed E-state index contributed by atoms with van der Waals surface area (Å²) in [7, 11) is -3.92. The standard InChI is InChI=1S/C26H30N2O3S/c1-20(2)17-25(22-12-6-4-7-13-22)27-26(29)19-28(23-14-10-11-21(3)18-23)32(30,31)24-15-8-5-9-16-24/h4-16,18,20,25H,17,19H2,1-3H3,(H,27,29)/t25-/m0/s1. The van der Waals surface area contributed by atoms with Gasteiger partial charge in [0.25, 0.3) is 10.0 Å². The minimum atomic E-state index is -3.92. The van der Waals surface area contributed by atoms with Gasteiger partial charge >= 0.3 is 0 Å².